The highest BCUT2D eigenvalue weighted by Crippen LogP contribution is 2.18. The molecular weight excluding hydrogens is 388 g/mol. The molecule has 2 amide bonds. The predicted molar refractivity (Wildman–Crippen MR) is 113 cm³/mol. The number of aliphatic hydroxyl groups excluding tert-OH is 1. The van der Waals surface area contributed by atoms with Crippen LogP contribution in [0.2, 0.25) is 0 Å². The third kappa shape index (κ3) is 6.04. The van der Waals surface area contributed by atoms with Gasteiger partial charge in [0.2, 0.25) is 11.8 Å². The van der Waals surface area contributed by atoms with Gasteiger partial charge in [0.25, 0.3) is 0 Å². The number of aliphatic hydroxyl groups is 1. The van der Waals surface area contributed by atoms with Gasteiger partial charge >= 0.3 is 5.97 Å². The number of benzene rings is 1. The normalized spacial score (nSPS) is 15.4. The maximum atomic E-state index is 12.6. The van der Waals surface area contributed by atoms with Crippen LogP contribution in [0.4, 0.5) is 0 Å². The Morgan fingerprint density at radius 3 is 2.37 bits per heavy atom. The number of rotatable bonds is 10. The van der Waals surface area contributed by atoms with Crippen molar-refractivity contribution >= 4 is 28.7 Å². The lowest BCUT2D eigenvalue weighted by atomic mass is 10.0. The molecule has 1 aromatic carbocycles. The number of carboxylic acids is 1. The quantitative estimate of drug-likeness (QED) is 0.330. The summed E-state index contributed by atoms with van der Waals surface area (Å²) >= 11 is 0. The minimum atomic E-state index is -1.32. The number of amides is 2. The van der Waals surface area contributed by atoms with E-state index in [1.807, 2.05) is 38.1 Å². The molecule has 1 aromatic heterocycles. The number of aromatic amines is 1. The molecule has 0 saturated carbocycles. The fourth-order valence-corrected chi connectivity index (χ4v) is 3.25. The Hall–Kier alpha value is -2.91. The summed E-state index contributed by atoms with van der Waals surface area (Å²) in [6.07, 6.45) is 0.999. The van der Waals surface area contributed by atoms with E-state index in [2.05, 4.69) is 15.6 Å². The number of aromatic nitrogens is 1. The van der Waals surface area contributed by atoms with E-state index in [0.29, 0.717) is 0 Å². The fourth-order valence-electron chi connectivity index (χ4n) is 3.25. The van der Waals surface area contributed by atoms with Crippen molar-refractivity contribution in [3.8, 4) is 0 Å². The molecule has 0 unspecified atom stereocenters. The summed E-state index contributed by atoms with van der Waals surface area (Å²) in [7, 11) is 0. The van der Waals surface area contributed by atoms with E-state index in [-0.39, 0.29) is 18.8 Å². The molecular formula is C21H30N4O5. The van der Waals surface area contributed by atoms with Crippen LogP contribution >= 0.6 is 0 Å². The number of carbonyl (C=O) groups excluding carboxylic acids is 2. The van der Waals surface area contributed by atoms with Gasteiger partial charge in [0.1, 0.15) is 12.1 Å². The first-order chi connectivity index (χ1) is 14.1. The van der Waals surface area contributed by atoms with Gasteiger partial charge in [0, 0.05) is 17.1 Å². The Morgan fingerprint density at radius 1 is 1.10 bits per heavy atom. The highest BCUT2D eigenvalue weighted by Gasteiger charge is 2.31. The maximum Gasteiger partial charge on any atom is 0.326 e. The number of nitrogens with one attached hydrogen (secondary N) is 3. The standard InChI is InChI=1S/C21H30N4O5/c1-11(2)8-17(21(29)30)24-20(28)18(12(3)26)25-19(27)15(22)9-13-10-23-16-7-5-4-6-14(13)16/h4-7,10-12,15,17-18,23,26H,8-9,22H2,1-3H3,(H,24,28)(H,25,27)(H,29,30)/t12-,15+,17+,18+/m1/s1. The van der Waals surface area contributed by atoms with Gasteiger partial charge < -0.3 is 31.6 Å². The third-order valence-corrected chi connectivity index (χ3v) is 4.84. The van der Waals surface area contributed by atoms with Crippen LogP contribution in [-0.2, 0) is 20.8 Å². The molecule has 0 aliphatic carbocycles. The number of hydrogen-bond acceptors (Lipinski definition) is 5. The predicted octanol–water partition coefficient (Wildman–Crippen LogP) is 0.519. The minimum Gasteiger partial charge on any atom is -0.480 e. The van der Waals surface area contributed by atoms with E-state index >= 15 is 0 Å². The largest absolute Gasteiger partial charge is 0.480 e. The first-order valence-corrected chi connectivity index (χ1v) is 9.92. The van der Waals surface area contributed by atoms with Crippen LogP contribution in [0.25, 0.3) is 10.9 Å². The number of carbonyl (C=O) groups is 3. The van der Waals surface area contributed by atoms with E-state index in [1.165, 1.54) is 6.92 Å². The smallest absolute Gasteiger partial charge is 0.326 e. The summed E-state index contributed by atoms with van der Waals surface area (Å²) in [4.78, 5) is 39.6. The lowest BCUT2D eigenvalue weighted by molar-refractivity contribution is -0.143. The van der Waals surface area contributed by atoms with Crippen LogP contribution in [0.1, 0.15) is 32.8 Å². The Balaban J connectivity index is 2.04. The monoisotopic (exact) mass is 418 g/mol. The highest BCUT2D eigenvalue weighted by molar-refractivity contribution is 5.92. The molecule has 7 N–H and O–H groups in total. The van der Waals surface area contributed by atoms with Crippen molar-refractivity contribution in [2.75, 3.05) is 0 Å². The van der Waals surface area contributed by atoms with Crippen molar-refractivity contribution in [2.24, 2.45) is 11.7 Å². The number of hydrogen-bond donors (Lipinski definition) is 6. The molecule has 0 aliphatic rings. The maximum absolute atomic E-state index is 12.6. The lowest BCUT2D eigenvalue weighted by Crippen LogP contribution is -2.58. The summed E-state index contributed by atoms with van der Waals surface area (Å²) in [5.74, 6) is -2.53. The summed E-state index contributed by atoms with van der Waals surface area (Å²) in [6.45, 7) is 5.01. The lowest BCUT2D eigenvalue weighted by Gasteiger charge is -2.25. The average molecular weight is 418 g/mol. The van der Waals surface area contributed by atoms with E-state index in [1.54, 1.807) is 6.20 Å². The minimum absolute atomic E-state index is 0.0376. The highest BCUT2D eigenvalue weighted by atomic mass is 16.4. The van der Waals surface area contributed by atoms with Gasteiger partial charge in [-0.2, -0.15) is 0 Å². The zero-order chi connectivity index (χ0) is 22.4. The first kappa shape index (κ1) is 23.4. The van der Waals surface area contributed by atoms with Gasteiger partial charge in [-0.15, -0.1) is 0 Å². The molecule has 164 valence electrons. The van der Waals surface area contributed by atoms with E-state index in [9.17, 15) is 24.6 Å². The van der Waals surface area contributed by atoms with Gasteiger partial charge in [0.05, 0.1) is 12.1 Å². The molecule has 0 aliphatic heterocycles. The number of para-hydroxylation sites is 1. The van der Waals surface area contributed by atoms with Gasteiger partial charge in [-0.25, -0.2) is 4.79 Å². The molecule has 0 radical (unpaired) electrons. The van der Waals surface area contributed by atoms with E-state index in [0.717, 1.165) is 16.5 Å². The molecule has 0 fully saturated rings. The molecule has 4 atom stereocenters. The van der Waals surface area contributed by atoms with Crippen molar-refractivity contribution in [1.29, 1.82) is 0 Å². The van der Waals surface area contributed by atoms with Gasteiger partial charge in [-0.05, 0) is 37.3 Å². The van der Waals surface area contributed by atoms with Crippen molar-refractivity contribution in [1.82, 2.24) is 15.6 Å². The van der Waals surface area contributed by atoms with Crippen LogP contribution in [0.15, 0.2) is 30.5 Å². The van der Waals surface area contributed by atoms with Crippen molar-refractivity contribution in [3.05, 3.63) is 36.0 Å². The molecule has 2 aromatic rings. The molecule has 9 heteroatoms. The van der Waals surface area contributed by atoms with Crippen molar-refractivity contribution in [3.63, 3.8) is 0 Å². The Kier molecular flexibility index (Phi) is 7.96. The second kappa shape index (κ2) is 10.2. The zero-order valence-electron chi connectivity index (χ0n) is 17.4. The van der Waals surface area contributed by atoms with E-state index < -0.39 is 42.0 Å². The molecule has 2 rings (SSSR count). The number of H-pyrrole nitrogens is 1. The Morgan fingerprint density at radius 2 is 1.77 bits per heavy atom. The Labute approximate surface area is 175 Å². The van der Waals surface area contributed by atoms with Gasteiger partial charge in [-0.3, -0.25) is 9.59 Å². The SMILES string of the molecule is CC(C)C[C@H](NC(=O)[C@@H](NC(=O)[C@@H](N)Cc1c[nH]c2ccccc12)[C@@H](C)O)C(=O)O. The topological polar surface area (TPSA) is 158 Å². The van der Waals surface area contributed by atoms with Crippen molar-refractivity contribution in [2.45, 2.75) is 57.8 Å². The zero-order valence-corrected chi connectivity index (χ0v) is 17.4. The van der Waals surface area contributed by atoms with Crippen LogP contribution in [0.3, 0.4) is 0 Å². The summed E-state index contributed by atoms with van der Waals surface area (Å²) in [5, 5.41) is 25.1. The summed E-state index contributed by atoms with van der Waals surface area (Å²) in [5.41, 5.74) is 7.81. The fraction of sp³-hybridized carbons (Fsp3) is 0.476. The van der Waals surface area contributed by atoms with E-state index in [4.69, 9.17) is 5.73 Å². The van der Waals surface area contributed by atoms with Crippen LogP contribution in [0.5, 0.6) is 0 Å². The number of fused-ring (bicyclic) bond motifs is 1. The molecule has 0 bridgehead atoms. The Bertz CT molecular complexity index is 892. The van der Waals surface area contributed by atoms with Crippen LogP contribution in [-0.4, -0.2) is 57.2 Å². The second-order valence-corrected chi connectivity index (χ2v) is 7.93. The first-order valence-electron chi connectivity index (χ1n) is 9.92. The summed E-state index contributed by atoms with van der Waals surface area (Å²) in [6, 6.07) is 4.22. The average Bonchev–Trinajstić information content (AvgIpc) is 3.07. The molecule has 1 heterocycles. The third-order valence-electron chi connectivity index (χ3n) is 4.84. The number of aliphatic carboxylic acids is 1. The van der Waals surface area contributed by atoms with Crippen LogP contribution in [0, 0.1) is 5.92 Å². The number of carboxylic acid groups (broad SMARTS) is 1. The molecule has 9 nitrogen and oxygen atoms in total. The van der Waals surface area contributed by atoms with Crippen molar-refractivity contribution < 1.29 is 24.6 Å². The van der Waals surface area contributed by atoms with Crippen LogP contribution < -0.4 is 16.4 Å². The molecule has 30 heavy (non-hydrogen) atoms. The molecule has 0 saturated heterocycles. The van der Waals surface area contributed by atoms with Gasteiger partial charge in [-0.1, -0.05) is 32.0 Å². The summed E-state index contributed by atoms with van der Waals surface area (Å²) < 4.78 is 0. The number of nitrogens with two attached hydrogens (primary N) is 1. The molecule has 0 spiro atoms. The second-order valence-electron chi connectivity index (χ2n) is 7.93. The van der Waals surface area contributed by atoms with Gasteiger partial charge in [0.15, 0.2) is 0 Å².